The van der Waals surface area contributed by atoms with Crippen molar-refractivity contribution >= 4 is 23.2 Å². The van der Waals surface area contributed by atoms with Crippen molar-refractivity contribution in [1.29, 1.82) is 0 Å². The number of halogens is 1. The number of rotatable bonds is 7. The van der Waals surface area contributed by atoms with E-state index in [0.717, 1.165) is 53.9 Å². The summed E-state index contributed by atoms with van der Waals surface area (Å²) in [6.45, 7) is 13.9. The molecule has 0 radical (unpaired) electrons. The second-order valence-electron chi connectivity index (χ2n) is 11.9. The van der Waals surface area contributed by atoms with Gasteiger partial charge in [0.25, 0.3) is 0 Å². The molecule has 0 bridgehead atoms. The number of carbonyl (C=O) groups excluding carboxylic acids is 2. The van der Waals surface area contributed by atoms with E-state index >= 15 is 0 Å². The molecule has 0 aromatic heterocycles. The summed E-state index contributed by atoms with van der Waals surface area (Å²) in [5, 5.41) is 0.351. The monoisotopic (exact) mass is 523 g/mol. The van der Waals surface area contributed by atoms with Gasteiger partial charge in [0.2, 0.25) is 0 Å². The Kier molecular flexibility index (Phi) is 7.55. The first-order chi connectivity index (χ1) is 17.4. The highest BCUT2D eigenvalue weighted by Crippen LogP contribution is 2.55. The van der Waals surface area contributed by atoms with E-state index in [1.54, 1.807) is 0 Å². The van der Waals surface area contributed by atoms with Gasteiger partial charge in [0, 0.05) is 47.8 Å². The number of ether oxygens (including phenoxy) is 2. The van der Waals surface area contributed by atoms with Crippen molar-refractivity contribution in [1.82, 2.24) is 4.90 Å². The molecule has 0 fully saturated rings. The minimum Gasteiger partial charge on any atom is -0.490 e. The topological polar surface area (TPSA) is 55.8 Å². The second-order valence-corrected chi connectivity index (χ2v) is 12.4. The molecule has 198 valence electrons. The summed E-state index contributed by atoms with van der Waals surface area (Å²) >= 11 is 6.73. The van der Waals surface area contributed by atoms with Crippen molar-refractivity contribution in [2.75, 3.05) is 19.8 Å². The summed E-state index contributed by atoms with van der Waals surface area (Å²) < 4.78 is 11.6. The smallest absolute Gasteiger partial charge is 0.181 e. The number of hydrogen-bond acceptors (Lipinski definition) is 5. The standard InChI is InChI=1S/C31H38ClNO4/c1-8-11-33-21-15-30(4,5)17-23(34)27(21)26(28-22(33)16-31(6,7)18-24(28)35)19-13-20(32)29(37-12-9-2)25(14-19)36-10-3/h2,13-14,26H,8,10-12,15-18H2,1,3-7H3. The predicted molar refractivity (Wildman–Crippen MR) is 147 cm³/mol. The number of nitrogens with zero attached hydrogens (tertiary/aromatic N) is 1. The molecule has 1 aliphatic heterocycles. The summed E-state index contributed by atoms with van der Waals surface area (Å²) in [5.41, 5.74) is 4.04. The van der Waals surface area contributed by atoms with Gasteiger partial charge in [-0.3, -0.25) is 9.59 Å². The van der Waals surface area contributed by atoms with E-state index in [1.165, 1.54) is 0 Å². The third-order valence-corrected chi connectivity index (χ3v) is 7.71. The zero-order valence-corrected chi connectivity index (χ0v) is 23.7. The average molecular weight is 524 g/mol. The van der Waals surface area contributed by atoms with E-state index < -0.39 is 5.92 Å². The number of terminal acetylenes is 1. The molecule has 0 atom stereocenters. The summed E-state index contributed by atoms with van der Waals surface area (Å²) in [4.78, 5) is 30.0. The molecule has 6 heteroatoms. The third kappa shape index (κ3) is 5.18. The fraction of sp³-hybridized carbons (Fsp3) is 0.548. The molecule has 3 aliphatic rings. The first-order valence-electron chi connectivity index (χ1n) is 13.3. The van der Waals surface area contributed by atoms with Gasteiger partial charge in [-0.15, -0.1) is 6.42 Å². The lowest BCUT2D eigenvalue weighted by molar-refractivity contribution is -0.119. The van der Waals surface area contributed by atoms with Crippen LogP contribution in [-0.2, 0) is 9.59 Å². The van der Waals surface area contributed by atoms with Crippen LogP contribution in [0.15, 0.2) is 34.7 Å². The fourth-order valence-electron chi connectivity index (χ4n) is 6.15. The fourth-order valence-corrected chi connectivity index (χ4v) is 6.42. The van der Waals surface area contributed by atoms with Crippen LogP contribution in [0.3, 0.4) is 0 Å². The molecule has 2 aliphatic carbocycles. The number of allylic oxidation sites excluding steroid dienone is 4. The maximum Gasteiger partial charge on any atom is 0.181 e. The minimum atomic E-state index is -0.483. The Balaban J connectivity index is 1.99. The lowest BCUT2D eigenvalue weighted by Crippen LogP contribution is -2.44. The van der Waals surface area contributed by atoms with Crippen molar-refractivity contribution < 1.29 is 19.1 Å². The highest BCUT2D eigenvalue weighted by atomic mass is 35.5. The van der Waals surface area contributed by atoms with Crippen LogP contribution in [0.1, 0.15) is 85.1 Å². The van der Waals surface area contributed by atoms with E-state index in [1.807, 2.05) is 19.1 Å². The lowest BCUT2D eigenvalue weighted by atomic mass is 9.63. The molecule has 4 rings (SSSR count). The molecule has 1 aromatic rings. The molecule has 0 amide bonds. The van der Waals surface area contributed by atoms with Crippen LogP contribution in [0.25, 0.3) is 0 Å². The maximum atomic E-state index is 13.9. The van der Waals surface area contributed by atoms with Crippen LogP contribution in [0, 0.1) is 23.2 Å². The Morgan fingerprint density at radius 3 is 2.03 bits per heavy atom. The van der Waals surface area contributed by atoms with Crippen LogP contribution in [-0.4, -0.2) is 36.2 Å². The number of carbonyl (C=O) groups is 2. The van der Waals surface area contributed by atoms with Crippen molar-refractivity contribution in [3.05, 3.63) is 45.3 Å². The van der Waals surface area contributed by atoms with E-state index in [9.17, 15) is 9.59 Å². The number of benzene rings is 1. The molecule has 0 N–H and O–H groups in total. The van der Waals surface area contributed by atoms with Gasteiger partial charge < -0.3 is 14.4 Å². The third-order valence-electron chi connectivity index (χ3n) is 7.43. The quantitative estimate of drug-likeness (QED) is 0.366. The second kappa shape index (κ2) is 10.2. The lowest BCUT2D eigenvalue weighted by Gasteiger charge is -2.49. The molecule has 1 aromatic carbocycles. The molecule has 0 spiro atoms. The van der Waals surface area contributed by atoms with Crippen LogP contribution >= 0.6 is 11.6 Å². The normalized spacial score (nSPS) is 21.0. The van der Waals surface area contributed by atoms with E-state index in [4.69, 9.17) is 27.5 Å². The number of ketones is 2. The Morgan fingerprint density at radius 2 is 1.54 bits per heavy atom. The maximum absolute atomic E-state index is 13.9. The number of hydrogen-bond donors (Lipinski definition) is 0. The Hall–Kier alpha value is -2.71. The summed E-state index contributed by atoms with van der Waals surface area (Å²) in [7, 11) is 0. The van der Waals surface area contributed by atoms with Crippen LogP contribution in [0.4, 0.5) is 0 Å². The molecule has 0 unspecified atom stereocenters. The Labute approximate surface area is 226 Å². The van der Waals surface area contributed by atoms with Crippen LogP contribution in [0.2, 0.25) is 5.02 Å². The largest absolute Gasteiger partial charge is 0.490 e. The molecule has 1 heterocycles. The van der Waals surface area contributed by atoms with Gasteiger partial charge in [0.15, 0.2) is 23.1 Å². The van der Waals surface area contributed by atoms with Gasteiger partial charge in [-0.1, -0.05) is 52.1 Å². The zero-order chi connectivity index (χ0) is 27.1. The highest BCUT2D eigenvalue weighted by molar-refractivity contribution is 6.32. The summed E-state index contributed by atoms with van der Waals surface area (Å²) in [5.74, 6) is 3.02. The summed E-state index contributed by atoms with van der Waals surface area (Å²) in [6.07, 6.45) is 8.78. The first kappa shape index (κ1) is 27.3. The molecule has 0 saturated carbocycles. The van der Waals surface area contributed by atoms with Crippen molar-refractivity contribution in [3.8, 4) is 23.8 Å². The van der Waals surface area contributed by atoms with E-state index in [0.29, 0.717) is 36.0 Å². The number of Topliss-reactive ketones (excluding diaryl/α,β-unsaturated/α-hetero) is 2. The summed E-state index contributed by atoms with van der Waals surface area (Å²) in [6, 6.07) is 3.68. The molecule has 37 heavy (non-hydrogen) atoms. The van der Waals surface area contributed by atoms with Gasteiger partial charge in [0.1, 0.15) is 6.61 Å². The minimum absolute atomic E-state index is 0.0558. The predicted octanol–water partition coefficient (Wildman–Crippen LogP) is 6.85. The molecule has 0 saturated heterocycles. The van der Waals surface area contributed by atoms with Crippen LogP contribution in [0.5, 0.6) is 11.5 Å². The van der Waals surface area contributed by atoms with Crippen molar-refractivity contribution in [2.24, 2.45) is 10.8 Å². The van der Waals surface area contributed by atoms with Gasteiger partial charge in [-0.2, -0.15) is 0 Å². The SMILES string of the molecule is C#CCOc1c(Cl)cc(C2C3=C(CC(C)(C)CC3=O)N(CCC)C3=C2C(=O)CC(C)(C)C3)cc1OCC. The highest BCUT2D eigenvalue weighted by Gasteiger charge is 2.49. The molecular formula is C31H38ClNO4. The zero-order valence-electron chi connectivity index (χ0n) is 22.9. The molecular weight excluding hydrogens is 486 g/mol. The van der Waals surface area contributed by atoms with Crippen LogP contribution < -0.4 is 9.47 Å². The van der Waals surface area contributed by atoms with Gasteiger partial charge >= 0.3 is 0 Å². The Bertz CT molecular complexity index is 1180. The van der Waals surface area contributed by atoms with Gasteiger partial charge in [-0.25, -0.2) is 0 Å². The Morgan fingerprint density at radius 1 is 0.973 bits per heavy atom. The van der Waals surface area contributed by atoms with E-state index in [-0.39, 0.29) is 29.0 Å². The van der Waals surface area contributed by atoms with Gasteiger partial charge in [0.05, 0.1) is 11.6 Å². The van der Waals surface area contributed by atoms with Crippen molar-refractivity contribution in [3.63, 3.8) is 0 Å². The first-order valence-corrected chi connectivity index (χ1v) is 13.6. The average Bonchev–Trinajstić information content (AvgIpc) is 2.78. The van der Waals surface area contributed by atoms with Gasteiger partial charge in [-0.05, 0) is 54.7 Å². The van der Waals surface area contributed by atoms with E-state index in [2.05, 4.69) is 45.4 Å². The molecule has 5 nitrogen and oxygen atoms in total. The van der Waals surface area contributed by atoms with Crippen molar-refractivity contribution in [2.45, 2.75) is 79.6 Å².